The van der Waals surface area contributed by atoms with Crippen LogP contribution in [0.4, 0.5) is 0 Å². The maximum Gasteiger partial charge on any atom is 0.343 e. The van der Waals surface area contributed by atoms with Gasteiger partial charge >= 0.3 is 11.7 Å². The molecule has 1 aliphatic rings. The zero-order valence-corrected chi connectivity index (χ0v) is 13.6. The van der Waals surface area contributed by atoms with E-state index in [0.717, 1.165) is 12.8 Å². The van der Waals surface area contributed by atoms with Gasteiger partial charge in [-0.2, -0.15) is 0 Å². The van der Waals surface area contributed by atoms with Gasteiger partial charge in [0.25, 0.3) is 0 Å². The fraction of sp³-hybridized carbons (Fsp3) is 0.769. The summed E-state index contributed by atoms with van der Waals surface area (Å²) >= 11 is 1.47. The first-order chi connectivity index (χ1) is 9.85. The van der Waals surface area contributed by atoms with Crippen LogP contribution in [0.25, 0.3) is 0 Å². The molecule has 1 aromatic rings. The molecule has 2 rings (SSSR count). The Morgan fingerprint density at radius 1 is 1.67 bits per heavy atom. The van der Waals surface area contributed by atoms with Gasteiger partial charge in [-0.3, -0.25) is 14.7 Å². The number of aromatic amines is 1. The molecule has 0 aliphatic heterocycles. The number of ether oxygens (including phenoxy) is 1. The van der Waals surface area contributed by atoms with E-state index in [2.05, 4.69) is 15.5 Å². The van der Waals surface area contributed by atoms with E-state index in [1.54, 1.807) is 7.05 Å². The largest absolute Gasteiger partial charge is 0.468 e. The topological polar surface area (TPSA) is 89.0 Å². The van der Waals surface area contributed by atoms with Crippen LogP contribution in [0.3, 0.4) is 0 Å². The van der Waals surface area contributed by atoms with Gasteiger partial charge in [-0.05, 0) is 26.2 Å². The van der Waals surface area contributed by atoms with Crippen LogP contribution in [0.5, 0.6) is 0 Å². The van der Waals surface area contributed by atoms with Crippen molar-refractivity contribution < 1.29 is 9.53 Å². The average Bonchev–Trinajstić information content (AvgIpc) is 3.19. The number of aromatic nitrogens is 3. The molecule has 0 aromatic carbocycles. The lowest BCUT2D eigenvalue weighted by molar-refractivity contribution is -0.148. The van der Waals surface area contributed by atoms with Crippen LogP contribution >= 0.6 is 11.8 Å². The minimum atomic E-state index is -0.711. The van der Waals surface area contributed by atoms with Gasteiger partial charge in [0.2, 0.25) is 0 Å². The molecule has 1 aromatic heterocycles. The molecule has 21 heavy (non-hydrogen) atoms. The van der Waals surface area contributed by atoms with Crippen molar-refractivity contribution in [2.75, 3.05) is 7.11 Å². The van der Waals surface area contributed by atoms with Gasteiger partial charge in [0.05, 0.1) is 7.11 Å². The zero-order valence-electron chi connectivity index (χ0n) is 12.8. The molecule has 0 bridgehead atoms. The first-order valence-corrected chi connectivity index (χ1v) is 7.88. The highest BCUT2D eigenvalue weighted by Gasteiger charge is 2.40. The molecule has 2 atom stereocenters. The van der Waals surface area contributed by atoms with E-state index in [0.29, 0.717) is 17.6 Å². The first-order valence-electron chi connectivity index (χ1n) is 7.00. The maximum atomic E-state index is 12.1. The number of nitrogens with one attached hydrogen (secondary N) is 2. The SMILES string of the molecule is COC(=O)C(C)(CC(C)Sc1n[nH]c(=O)n1C)NC1CC1. The molecule has 0 amide bonds. The van der Waals surface area contributed by atoms with Crippen molar-refractivity contribution in [3.8, 4) is 0 Å². The fourth-order valence-electron chi connectivity index (χ4n) is 2.34. The average molecular weight is 314 g/mol. The fourth-order valence-corrected chi connectivity index (χ4v) is 3.46. The minimum absolute atomic E-state index is 0.106. The van der Waals surface area contributed by atoms with Crippen molar-refractivity contribution >= 4 is 17.7 Å². The van der Waals surface area contributed by atoms with E-state index in [1.807, 2.05) is 13.8 Å². The van der Waals surface area contributed by atoms with E-state index in [1.165, 1.54) is 23.4 Å². The number of carbonyl (C=O) groups excluding carboxylic acids is 1. The Hall–Kier alpha value is -1.28. The van der Waals surface area contributed by atoms with E-state index < -0.39 is 5.54 Å². The molecular weight excluding hydrogens is 292 g/mol. The summed E-state index contributed by atoms with van der Waals surface area (Å²) in [6, 6.07) is 0.404. The van der Waals surface area contributed by atoms with Gasteiger partial charge in [0.1, 0.15) is 5.54 Å². The van der Waals surface area contributed by atoms with Crippen LogP contribution in [-0.2, 0) is 16.6 Å². The third-order valence-corrected chi connectivity index (χ3v) is 4.72. The van der Waals surface area contributed by atoms with Crippen LogP contribution in [0, 0.1) is 0 Å². The molecule has 1 saturated carbocycles. The highest BCUT2D eigenvalue weighted by molar-refractivity contribution is 7.99. The van der Waals surface area contributed by atoms with E-state index >= 15 is 0 Å². The summed E-state index contributed by atoms with van der Waals surface area (Å²) in [5, 5.41) is 10.5. The van der Waals surface area contributed by atoms with Gasteiger partial charge in [-0.15, -0.1) is 5.10 Å². The summed E-state index contributed by atoms with van der Waals surface area (Å²) in [5.41, 5.74) is -0.950. The second-order valence-corrected chi connectivity index (χ2v) is 7.15. The Morgan fingerprint density at radius 2 is 2.33 bits per heavy atom. The molecular formula is C13H22N4O3S. The van der Waals surface area contributed by atoms with E-state index in [-0.39, 0.29) is 16.9 Å². The van der Waals surface area contributed by atoms with Crippen molar-refractivity contribution in [3.63, 3.8) is 0 Å². The highest BCUT2D eigenvalue weighted by atomic mass is 32.2. The first kappa shape index (κ1) is 16.1. The predicted molar refractivity (Wildman–Crippen MR) is 80.3 cm³/mol. The number of H-pyrrole nitrogens is 1. The third kappa shape index (κ3) is 3.88. The molecule has 2 N–H and O–H groups in total. The molecule has 1 aliphatic carbocycles. The number of rotatable bonds is 7. The Labute approximate surface area is 127 Å². The Bertz CT molecular complexity index is 566. The Balaban J connectivity index is 2.03. The Morgan fingerprint density at radius 3 is 2.81 bits per heavy atom. The van der Waals surface area contributed by atoms with Gasteiger partial charge < -0.3 is 4.74 Å². The smallest absolute Gasteiger partial charge is 0.343 e. The summed E-state index contributed by atoms with van der Waals surface area (Å²) in [6.45, 7) is 3.89. The summed E-state index contributed by atoms with van der Waals surface area (Å²) < 4.78 is 6.40. The summed E-state index contributed by atoms with van der Waals surface area (Å²) in [4.78, 5) is 23.4. The molecule has 1 heterocycles. The summed E-state index contributed by atoms with van der Waals surface area (Å²) in [5.74, 6) is -0.252. The second kappa shape index (κ2) is 6.23. The molecule has 0 spiro atoms. The van der Waals surface area contributed by atoms with Crippen molar-refractivity contribution in [1.82, 2.24) is 20.1 Å². The summed E-state index contributed by atoms with van der Waals surface area (Å²) in [6.07, 6.45) is 2.80. The molecule has 1 fully saturated rings. The quantitative estimate of drug-likeness (QED) is 0.568. The molecule has 0 saturated heterocycles. The van der Waals surface area contributed by atoms with Crippen molar-refractivity contribution in [3.05, 3.63) is 10.5 Å². The molecule has 2 unspecified atom stereocenters. The lowest BCUT2D eigenvalue weighted by Gasteiger charge is -2.30. The predicted octanol–water partition coefficient (Wildman–Crippen LogP) is 0.663. The molecule has 7 nitrogen and oxygen atoms in total. The van der Waals surface area contributed by atoms with E-state index in [4.69, 9.17) is 4.74 Å². The van der Waals surface area contributed by atoms with Crippen molar-refractivity contribution in [2.45, 2.75) is 55.1 Å². The van der Waals surface area contributed by atoms with Crippen molar-refractivity contribution in [2.24, 2.45) is 7.05 Å². The molecule has 0 radical (unpaired) electrons. The van der Waals surface area contributed by atoms with Crippen LogP contribution in [0.1, 0.15) is 33.1 Å². The lowest BCUT2D eigenvalue weighted by Crippen LogP contribution is -2.52. The summed E-state index contributed by atoms with van der Waals surface area (Å²) in [7, 11) is 3.08. The van der Waals surface area contributed by atoms with Crippen LogP contribution in [0.15, 0.2) is 9.95 Å². The highest BCUT2D eigenvalue weighted by Crippen LogP contribution is 2.30. The maximum absolute atomic E-state index is 12.1. The van der Waals surface area contributed by atoms with Crippen LogP contribution in [-0.4, -0.2) is 44.7 Å². The Kier molecular flexibility index (Phi) is 4.77. The number of carbonyl (C=O) groups is 1. The van der Waals surface area contributed by atoms with Gasteiger partial charge in [0, 0.05) is 18.3 Å². The third-order valence-electron chi connectivity index (χ3n) is 3.58. The van der Waals surface area contributed by atoms with Gasteiger partial charge in [-0.1, -0.05) is 18.7 Å². The molecule has 118 valence electrons. The number of nitrogens with zero attached hydrogens (tertiary/aromatic N) is 2. The normalized spacial score (nSPS) is 19.0. The van der Waals surface area contributed by atoms with Gasteiger partial charge in [0.15, 0.2) is 5.16 Å². The van der Waals surface area contributed by atoms with E-state index in [9.17, 15) is 9.59 Å². The second-order valence-electron chi connectivity index (χ2n) is 5.75. The molecule has 8 heteroatoms. The monoisotopic (exact) mass is 314 g/mol. The van der Waals surface area contributed by atoms with Crippen LogP contribution < -0.4 is 11.0 Å². The number of hydrogen-bond donors (Lipinski definition) is 2. The number of thioether (sulfide) groups is 1. The minimum Gasteiger partial charge on any atom is -0.468 e. The van der Waals surface area contributed by atoms with Crippen molar-refractivity contribution in [1.29, 1.82) is 0 Å². The number of esters is 1. The lowest BCUT2D eigenvalue weighted by atomic mass is 9.96. The number of methoxy groups -OCH3 is 1. The standard InChI is InChI=1S/C13H22N4O3S/c1-8(21-12-16-15-11(19)17(12)3)7-13(2,10(18)20-4)14-9-5-6-9/h8-9,14H,5-7H2,1-4H3,(H,15,19). The number of hydrogen-bond acceptors (Lipinski definition) is 6. The van der Waals surface area contributed by atoms with Gasteiger partial charge in [-0.25, -0.2) is 9.89 Å². The van der Waals surface area contributed by atoms with Crippen LogP contribution in [0.2, 0.25) is 0 Å². The zero-order chi connectivity index (χ0) is 15.6.